The van der Waals surface area contributed by atoms with E-state index < -0.39 is 0 Å². The second-order valence-electron chi connectivity index (χ2n) is 4.79. The van der Waals surface area contributed by atoms with Crippen LogP contribution in [0.1, 0.15) is 13.3 Å². The van der Waals surface area contributed by atoms with Crippen molar-refractivity contribution in [3.8, 4) is 5.75 Å². The summed E-state index contributed by atoms with van der Waals surface area (Å²) in [7, 11) is 1.72. The third-order valence-corrected chi connectivity index (χ3v) is 3.25. The normalized spacial score (nSPS) is 11.1. The number of fused-ring (bicyclic) bond motifs is 1. The van der Waals surface area contributed by atoms with Crippen molar-refractivity contribution in [2.24, 2.45) is 0 Å². The van der Waals surface area contributed by atoms with Crippen LogP contribution in [0.2, 0.25) is 0 Å². The van der Waals surface area contributed by atoms with Gasteiger partial charge in [-0.05, 0) is 24.6 Å². The second-order valence-corrected chi connectivity index (χ2v) is 4.79. The number of methoxy groups -OCH3 is 1. The second kappa shape index (κ2) is 7.92. The zero-order valence-corrected chi connectivity index (χ0v) is 12.4. The van der Waals surface area contributed by atoms with E-state index in [1.807, 2.05) is 6.07 Å². The van der Waals surface area contributed by atoms with Crippen LogP contribution in [0.4, 0.5) is 0 Å². The fourth-order valence-electron chi connectivity index (χ4n) is 2.23. The Morgan fingerprint density at radius 3 is 2.85 bits per heavy atom. The van der Waals surface area contributed by atoms with Crippen LogP contribution in [0, 0.1) is 0 Å². The average Bonchev–Trinajstić information content (AvgIpc) is 2.89. The Bertz CT molecular complexity index is 522. The lowest BCUT2D eigenvalue weighted by Crippen LogP contribution is -2.23. The van der Waals surface area contributed by atoms with Gasteiger partial charge >= 0.3 is 0 Å². The fraction of sp³-hybridized carbons (Fsp3) is 0.500. The van der Waals surface area contributed by atoms with Crippen molar-refractivity contribution in [1.29, 1.82) is 0 Å². The molecule has 0 aliphatic heterocycles. The maximum atomic E-state index is 5.79. The van der Waals surface area contributed by atoms with Crippen LogP contribution < -0.4 is 10.1 Å². The first-order chi connectivity index (χ1) is 9.86. The standard InChI is InChI=1S/C16H24N2O2/c1-3-12-20-16-6-4-5-15-14(16)7-10-18(15)11-8-17-9-13-19-2/h4-7,10,17H,3,8-9,11-13H2,1-2H3. The number of ether oxygens (including phenoxy) is 2. The van der Waals surface area contributed by atoms with Crippen molar-refractivity contribution >= 4 is 10.9 Å². The van der Waals surface area contributed by atoms with E-state index in [1.165, 1.54) is 10.9 Å². The minimum atomic E-state index is 0.751. The summed E-state index contributed by atoms with van der Waals surface area (Å²) in [5, 5.41) is 4.55. The highest BCUT2D eigenvalue weighted by molar-refractivity contribution is 5.86. The topological polar surface area (TPSA) is 35.4 Å². The number of hydrogen-bond donors (Lipinski definition) is 1. The van der Waals surface area contributed by atoms with Crippen molar-refractivity contribution in [1.82, 2.24) is 9.88 Å². The molecule has 0 aliphatic carbocycles. The van der Waals surface area contributed by atoms with Gasteiger partial charge in [0.25, 0.3) is 0 Å². The number of benzene rings is 1. The lowest BCUT2D eigenvalue weighted by molar-refractivity contribution is 0.199. The highest BCUT2D eigenvalue weighted by atomic mass is 16.5. The van der Waals surface area contributed by atoms with Gasteiger partial charge in [0, 0.05) is 38.3 Å². The van der Waals surface area contributed by atoms with Gasteiger partial charge in [-0.2, -0.15) is 0 Å². The maximum absolute atomic E-state index is 5.79. The van der Waals surface area contributed by atoms with Gasteiger partial charge in [0.2, 0.25) is 0 Å². The number of hydrogen-bond acceptors (Lipinski definition) is 3. The molecule has 4 nitrogen and oxygen atoms in total. The van der Waals surface area contributed by atoms with Crippen LogP contribution in [0.15, 0.2) is 30.5 Å². The van der Waals surface area contributed by atoms with Crippen LogP contribution in [0.5, 0.6) is 5.75 Å². The summed E-state index contributed by atoms with van der Waals surface area (Å²) >= 11 is 0. The molecule has 0 aliphatic rings. The van der Waals surface area contributed by atoms with Crippen LogP contribution >= 0.6 is 0 Å². The smallest absolute Gasteiger partial charge is 0.128 e. The summed E-state index contributed by atoms with van der Waals surface area (Å²) in [5.41, 5.74) is 1.23. The number of nitrogens with zero attached hydrogens (tertiary/aromatic N) is 1. The Balaban J connectivity index is 2.00. The van der Waals surface area contributed by atoms with Crippen LogP contribution in [0.25, 0.3) is 10.9 Å². The van der Waals surface area contributed by atoms with E-state index in [2.05, 4.69) is 41.2 Å². The lowest BCUT2D eigenvalue weighted by Gasteiger charge is -2.09. The van der Waals surface area contributed by atoms with E-state index in [0.717, 1.165) is 45.0 Å². The molecular weight excluding hydrogens is 252 g/mol. The van der Waals surface area contributed by atoms with E-state index in [0.29, 0.717) is 0 Å². The molecule has 4 heteroatoms. The molecule has 0 saturated carbocycles. The first-order valence-corrected chi connectivity index (χ1v) is 7.27. The Morgan fingerprint density at radius 2 is 2.05 bits per heavy atom. The van der Waals surface area contributed by atoms with Gasteiger partial charge in [0.15, 0.2) is 0 Å². The van der Waals surface area contributed by atoms with Crippen molar-refractivity contribution in [3.63, 3.8) is 0 Å². The van der Waals surface area contributed by atoms with Crippen LogP contribution in [0.3, 0.4) is 0 Å². The Labute approximate surface area is 120 Å². The minimum absolute atomic E-state index is 0.751. The number of rotatable bonds is 9. The Hall–Kier alpha value is -1.52. The largest absolute Gasteiger partial charge is 0.493 e. The van der Waals surface area contributed by atoms with E-state index in [1.54, 1.807) is 7.11 Å². The summed E-state index contributed by atoms with van der Waals surface area (Å²) in [6, 6.07) is 8.38. The van der Waals surface area contributed by atoms with Gasteiger partial charge in [-0.3, -0.25) is 0 Å². The quantitative estimate of drug-likeness (QED) is 0.715. The third-order valence-electron chi connectivity index (χ3n) is 3.25. The molecule has 0 unspecified atom stereocenters. The van der Waals surface area contributed by atoms with E-state index in [-0.39, 0.29) is 0 Å². The van der Waals surface area contributed by atoms with Crippen molar-refractivity contribution in [2.75, 3.05) is 33.4 Å². The summed E-state index contributed by atoms with van der Waals surface area (Å²) in [6.45, 7) is 6.42. The predicted molar refractivity (Wildman–Crippen MR) is 82.5 cm³/mol. The van der Waals surface area contributed by atoms with E-state index >= 15 is 0 Å². The zero-order valence-electron chi connectivity index (χ0n) is 12.4. The van der Waals surface area contributed by atoms with E-state index in [4.69, 9.17) is 9.47 Å². The number of nitrogens with one attached hydrogen (secondary N) is 1. The molecule has 2 aromatic rings. The van der Waals surface area contributed by atoms with Crippen molar-refractivity contribution in [2.45, 2.75) is 19.9 Å². The van der Waals surface area contributed by atoms with Gasteiger partial charge < -0.3 is 19.4 Å². The summed E-state index contributed by atoms with van der Waals surface area (Å²) < 4.78 is 13.1. The molecule has 1 heterocycles. The van der Waals surface area contributed by atoms with Gasteiger partial charge in [-0.1, -0.05) is 13.0 Å². The molecule has 1 aromatic carbocycles. The van der Waals surface area contributed by atoms with Gasteiger partial charge in [0.1, 0.15) is 5.75 Å². The molecule has 1 aromatic heterocycles. The van der Waals surface area contributed by atoms with Gasteiger partial charge in [-0.25, -0.2) is 0 Å². The molecule has 0 amide bonds. The summed E-state index contributed by atoms with van der Waals surface area (Å²) in [6.07, 6.45) is 3.15. The molecule has 0 atom stereocenters. The molecule has 0 spiro atoms. The lowest BCUT2D eigenvalue weighted by atomic mass is 10.2. The first kappa shape index (κ1) is 14.9. The highest BCUT2D eigenvalue weighted by Gasteiger charge is 2.05. The fourth-order valence-corrected chi connectivity index (χ4v) is 2.23. The minimum Gasteiger partial charge on any atom is -0.493 e. The molecule has 2 rings (SSSR count). The molecule has 0 radical (unpaired) electrons. The molecular formula is C16H24N2O2. The zero-order chi connectivity index (χ0) is 14.2. The molecule has 0 bridgehead atoms. The van der Waals surface area contributed by atoms with Crippen molar-refractivity contribution in [3.05, 3.63) is 30.5 Å². The molecule has 0 saturated heterocycles. The maximum Gasteiger partial charge on any atom is 0.128 e. The average molecular weight is 276 g/mol. The molecule has 20 heavy (non-hydrogen) atoms. The predicted octanol–water partition coefficient (Wildman–Crippen LogP) is 2.67. The SMILES string of the molecule is CCCOc1cccc2c1ccn2CCNCCOC. The summed E-state index contributed by atoms with van der Waals surface area (Å²) in [4.78, 5) is 0. The number of aromatic nitrogens is 1. The van der Waals surface area contributed by atoms with Crippen LogP contribution in [-0.4, -0.2) is 38.0 Å². The Kier molecular flexibility index (Phi) is 5.89. The molecule has 0 fully saturated rings. The van der Waals surface area contributed by atoms with E-state index in [9.17, 15) is 0 Å². The van der Waals surface area contributed by atoms with Gasteiger partial charge in [0.05, 0.1) is 18.7 Å². The third kappa shape index (κ3) is 3.74. The van der Waals surface area contributed by atoms with Crippen LogP contribution in [-0.2, 0) is 11.3 Å². The molecule has 110 valence electrons. The highest BCUT2D eigenvalue weighted by Crippen LogP contribution is 2.26. The monoisotopic (exact) mass is 276 g/mol. The van der Waals surface area contributed by atoms with Gasteiger partial charge in [-0.15, -0.1) is 0 Å². The Morgan fingerprint density at radius 1 is 1.15 bits per heavy atom. The van der Waals surface area contributed by atoms with Crippen molar-refractivity contribution < 1.29 is 9.47 Å². The first-order valence-electron chi connectivity index (χ1n) is 7.27. The summed E-state index contributed by atoms with van der Waals surface area (Å²) in [5.74, 6) is 0.982. The molecule has 1 N–H and O–H groups in total.